The molecular weight excluding hydrogens is 1060 g/mol. The van der Waals surface area contributed by atoms with E-state index in [0.717, 1.165) is 28.7 Å². The van der Waals surface area contributed by atoms with Crippen molar-refractivity contribution < 1.29 is 66.1 Å². The molecule has 4 atom stereocenters. The smallest absolute Gasteiger partial charge is 0.407 e. The number of hydrogen-bond donors (Lipinski definition) is 7. The number of nitrogens with one attached hydrogen (secondary N) is 5. The first-order valence-corrected chi connectivity index (χ1v) is 27.0. The minimum Gasteiger partial charge on any atom is -0.445 e. The van der Waals surface area contributed by atoms with Crippen molar-refractivity contribution in [3.05, 3.63) is 120 Å². The van der Waals surface area contributed by atoms with E-state index in [1.807, 2.05) is 30.3 Å². The third-order valence-corrected chi connectivity index (χ3v) is 13.8. The standard InChI is InChI=1S/C57H71F3N10O11/c1-36(2)51(67-47(72)13-7-4-8-26-69-48(73)20-21-49(69)74)55(77)66-45(12-9-25-62-56(61)78)54(76)63-41-17-14-38(15-18-41)35-81-57(79)64-42(31-58)22-27-70(50(75)34-71)52(39-23-28-80-29-24-39)53-65-46(43-30-40(59)16-19-44(43)60)33-68(53)32-37-10-5-3-6-11-37/h3,5-6,10-11,14-21,30,33,36,39,42,45,51-52,71H,4,7-9,12-13,22-29,31-32,34-35H2,1-2H3,(H,63,76)(H,64,79)(H,66,77)(H,67,72)(H3,61,62,78)/t42-,45-,51?,52+/m0/s1. The largest absolute Gasteiger partial charge is 0.445 e. The number of halogens is 3. The number of alkyl halides is 1. The van der Waals surface area contributed by atoms with Crippen molar-refractivity contribution in [2.75, 3.05) is 51.4 Å². The third kappa shape index (κ3) is 18.7. The molecule has 6 rings (SSSR count). The zero-order chi connectivity index (χ0) is 58.4. The lowest BCUT2D eigenvalue weighted by molar-refractivity contribution is -0.139. The minimum atomic E-state index is -1.16. The molecule has 0 aliphatic carbocycles. The van der Waals surface area contributed by atoms with Crippen LogP contribution in [0.25, 0.3) is 11.3 Å². The molecule has 0 radical (unpaired) electrons. The van der Waals surface area contributed by atoms with Crippen LogP contribution in [0.15, 0.2) is 91.1 Å². The summed E-state index contributed by atoms with van der Waals surface area (Å²) in [6.07, 6.45) is 5.74. The van der Waals surface area contributed by atoms with Crippen molar-refractivity contribution >= 4 is 53.3 Å². The number of anilines is 1. The molecule has 0 bridgehead atoms. The molecule has 1 unspecified atom stereocenters. The number of benzene rings is 3. The number of aliphatic hydroxyl groups excluding tert-OH is 1. The minimum absolute atomic E-state index is 0.0721. The van der Waals surface area contributed by atoms with E-state index in [1.165, 1.54) is 29.2 Å². The summed E-state index contributed by atoms with van der Waals surface area (Å²) in [5, 5.41) is 23.5. The van der Waals surface area contributed by atoms with Gasteiger partial charge >= 0.3 is 12.1 Å². The number of aliphatic hydroxyl groups is 1. The Balaban J connectivity index is 1.06. The van der Waals surface area contributed by atoms with Gasteiger partial charge in [-0.05, 0) is 98.2 Å². The number of amides is 9. The molecule has 0 spiro atoms. The monoisotopic (exact) mass is 1130 g/mol. The maximum Gasteiger partial charge on any atom is 0.407 e. The number of rotatable bonds is 30. The Morgan fingerprint density at radius 1 is 0.864 bits per heavy atom. The van der Waals surface area contributed by atoms with E-state index < -0.39 is 84.8 Å². The van der Waals surface area contributed by atoms with Gasteiger partial charge in [0.2, 0.25) is 23.6 Å². The Bertz CT molecular complexity index is 2810. The second kappa shape index (κ2) is 31.0. The predicted molar refractivity (Wildman–Crippen MR) is 291 cm³/mol. The summed E-state index contributed by atoms with van der Waals surface area (Å²) in [5.74, 6) is -4.82. The molecular formula is C57H71F3N10O11. The summed E-state index contributed by atoms with van der Waals surface area (Å²) in [7, 11) is 0. The van der Waals surface area contributed by atoms with E-state index in [0.29, 0.717) is 62.4 Å². The lowest BCUT2D eigenvalue weighted by atomic mass is 9.89. The van der Waals surface area contributed by atoms with Gasteiger partial charge in [0.05, 0.1) is 17.8 Å². The van der Waals surface area contributed by atoms with Crippen LogP contribution in [0.2, 0.25) is 0 Å². The van der Waals surface area contributed by atoms with Crippen LogP contribution in [0.3, 0.4) is 0 Å². The molecule has 1 saturated heterocycles. The number of ether oxygens (including phenoxy) is 2. The van der Waals surface area contributed by atoms with Crippen molar-refractivity contribution in [2.24, 2.45) is 17.6 Å². The molecule has 24 heteroatoms. The Morgan fingerprint density at radius 2 is 1.58 bits per heavy atom. The molecule has 3 aromatic carbocycles. The van der Waals surface area contributed by atoms with Crippen LogP contribution in [0.4, 0.5) is 28.4 Å². The van der Waals surface area contributed by atoms with Crippen LogP contribution >= 0.6 is 0 Å². The summed E-state index contributed by atoms with van der Waals surface area (Å²) in [4.78, 5) is 110. The number of unbranched alkanes of at least 4 members (excludes halogenated alkanes) is 2. The molecule has 81 heavy (non-hydrogen) atoms. The Kier molecular flexibility index (Phi) is 23.8. The molecule has 21 nitrogen and oxygen atoms in total. The number of imidazole rings is 1. The van der Waals surface area contributed by atoms with Gasteiger partial charge in [-0.1, -0.05) is 62.7 Å². The summed E-state index contributed by atoms with van der Waals surface area (Å²) in [6, 6.07) is 13.6. The van der Waals surface area contributed by atoms with E-state index in [-0.39, 0.29) is 93.4 Å². The summed E-state index contributed by atoms with van der Waals surface area (Å²) in [6.45, 7) is 2.35. The third-order valence-electron chi connectivity index (χ3n) is 13.8. The number of imide groups is 1. The molecule has 4 aromatic rings. The first-order valence-electron chi connectivity index (χ1n) is 27.0. The number of hydrogen-bond acceptors (Lipinski definition) is 12. The Morgan fingerprint density at radius 3 is 2.25 bits per heavy atom. The SMILES string of the molecule is CC(C)C(NC(=O)CCCCCN1C(=O)C=CC1=O)C(=O)N[C@@H](CCCNC(N)=O)C(=O)Nc1ccc(COC(=O)N[C@H](CF)CCN(C(=O)CO)[C@@H](c2nc(-c3cc(F)ccc3F)cn2Cc2ccccc2)C2CCOCC2)cc1. The Labute approximate surface area is 467 Å². The topological polar surface area (TPSA) is 286 Å². The number of nitrogens with two attached hydrogens (primary N) is 1. The van der Waals surface area contributed by atoms with Crippen LogP contribution in [0.5, 0.6) is 0 Å². The molecule has 2 aliphatic heterocycles. The molecule has 0 saturated carbocycles. The molecule has 3 heterocycles. The first-order chi connectivity index (χ1) is 38.9. The van der Waals surface area contributed by atoms with Gasteiger partial charge in [-0.15, -0.1) is 0 Å². The van der Waals surface area contributed by atoms with Crippen LogP contribution in [0.1, 0.15) is 94.6 Å². The zero-order valence-electron chi connectivity index (χ0n) is 45.4. The number of carbonyl (C=O) groups is 8. The number of urea groups is 1. The second-order valence-electron chi connectivity index (χ2n) is 20.2. The molecule has 8 N–H and O–H groups in total. The first kappa shape index (κ1) is 62.1. The van der Waals surface area contributed by atoms with Gasteiger partial charge in [0, 0.05) is 75.4 Å². The molecule has 9 amide bonds. The lowest BCUT2D eigenvalue weighted by Crippen LogP contribution is -2.54. The van der Waals surface area contributed by atoms with Crippen LogP contribution in [0, 0.1) is 23.5 Å². The van der Waals surface area contributed by atoms with Gasteiger partial charge in [-0.25, -0.2) is 27.7 Å². The maximum atomic E-state index is 15.3. The van der Waals surface area contributed by atoms with Crippen molar-refractivity contribution in [2.45, 2.75) is 109 Å². The molecule has 436 valence electrons. The van der Waals surface area contributed by atoms with Gasteiger partial charge in [0.1, 0.15) is 49.4 Å². The number of aromatic nitrogens is 2. The van der Waals surface area contributed by atoms with Gasteiger partial charge in [-0.2, -0.15) is 0 Å². The highest BCUT2D eigenvalue weighted by atomic mass is 19.1. The zero-order valence-corrected chi connectivity index (χ0v) is 45.4. The van der Waals surface area contributed by atoms with Crippen molar-refractivity contribution in [1.82, 2.24) is 40.6 Å². The fourth-order valence-electron chi connectivity index (χ4n) is 9.51. The highest BCUT2D eigenvalue weighted by Crippen LogP contribution is 2.37. The highest BCUT2D eigenvalue weighted by Gasteiger charge is 2.38. The van der Waals surface area contributed by atoms with Gasteiger partial charge in [0.25, 0.3) is 11.8 Å². The average Bonchev–Trinajstić information content (AvgIpc) is 4.13. The summed E-state index contributed by atoms with van der Waals surface area (Å²) < 4.78 is 57.4. The second-order valence-corrected chi connectivity index (χ2v) is 20.2. The van der Waals surface area contributed by atoms with Gasteiger partial charge in [-0.3, -0.25) is 33.7 Å². The van der Waals surface area contributed by atoms with Crippen molar-refractivity contribution in [3.63, 3.8) is 0 Å². The van der Waals surface area contributed by atoms with E-state index in [1.54, 1.807) is 36.7 Å². The van der Waals surface area contributed by atoms with E-state index in [9.17, 15) is 52.2 Å². The fourth-order valence-corrected chi connectivity index (χ4v) is 9.51. The van der Waals surface area contributed by atoms with Gasteiger partial charge in [0.15, 0.2) is 0 Å². The quantitative estimate of drug-likeness (QED) is 0.0258. The molecule has 1 aromatic heterocycles. The number of carbonyl (C=O) groups excluding carboxylic acids is 8. The van der Waals surface area contributed by atoms with Crippen LogP contribution in [-0.2, 0) is 51.4 Å². The summed E-state index contributed by atoms with van der Waals surface area (Å²) in [5.41, 5.74) is 6.87. The number of alkyl carbamates (subject to hydrolysis) is 1. The van der Waals surface area contributed by atoms with Crippen molar-refractivity contribution in [3.8, 4) is 11.3 Å². The number of primary amides is 1. The Hall–Kier alpha value is -8.12. The highest BCUT2D eigenvalue weighted by molar-refractivity contribution is 6.12. The van der Waals surface area contributed by atoms with Gasteiger partial charge < -0.3 is 56.4 Å². The van der Waals surface area contributed by atoms with Crippen LogP contribution < -0.4 is 32.3 Å². The van der Waals surface area contributed by atoms with E-state index in [2.05, 4.69) is 26.6 Å². The molecule has 2 aliphatic rings. The average molecular weight is 1130 g/mol. The molecule has 1 fully saturated rings. The van der Waals surface area contributed by atoms with Crippen molar-refractivity contribution in [1.29, 1.82) is 0 Å². The van der Waals surface area contributed by atoms with Crippen LogP contribution in [-0.4, -0.2) is 136 Å². The maximum absolute atomic E-state index is 15.3. The summed E-state index contributed by atoms with van der Waals surface area (Å²) >= 11 is 0. The predicted octanol–water partition coefficient (Wildman–Crippen LogP) is 5.32. The van der Waals surface area contributed by atoms with E-state index in [4.69, 9.17) is 20.2 Å². The lowest BCUT2D eigenvalue weighted by Gasteiger charge is -2.39. The number of nitrogens with zero attached hydrogens (tertiary/aromatic N) is 4. The van der Waals surface area contributed by atoms with E-state index >= 15 is 4.39 Å². The fraction of sp³-hybridized carbons (Fsp3) is 0.456. The normalized spacial score (nSPS) is 14.9.